The number of carbonyl (C=O) groups excluding carboxylic acids is 2. The van der Waals surface area contributed by atoms with Crippen LogP contribution in [0.1, 0.15) is 32.8 Å². The van der Waals surface area contributed by atoms with Crippen LogP contribution < -0.4 is 9.62 Å². The molecule has 2 amide bonds. The topological polar surface area (TPSA) is 86.8 Å². The van der Waals surface area contributed by atoms with Gasteiger partial charge in [-0.15, -0.1) is 0 Å². The molecule has 0 saturated carbocycles. The molecule has 0 fully saturated rings. The number of nitrogens with one attached hydrogen (secondary N) is 1. The van der Waals surface area contributed by atoms with Crippen LogP contribution in [0.5, 0.6) is 0 Å². The number of benzene rings is 2. The lowest BCUT2D eigenvalue weighted by molar-refractivity contribution is -0.140. The number of halogens is 3. The monoisotopic (exact) mass is 531 g/mol. The molecule has 0 unspecified atom stereocenters. The van der Waals surface area contributed by atoms with Gasteiger partial charge < -0.3 is 10.2 Å². The average molecular weight is 532 g/mol. The molecule has 186 valence electrons. The van der Waals surface area contributed by atoms with Gasteiger partial charge in [-0.25, -0.2) is 12.8 Å². The molecule has 11 heteroatoms. The zero-order valence-electron chi connectivity index (χ0n) is 19.4. The SMILES string of the molecule is CC[C@@H](C(=O)NC(C)C)N(Cc1ccc(F)cc1)C(=O)CN(c1cc(Cl)cc(Cl)c1)S(C)(=O)=O. The van der Waals surface area contributed by atoms with Gasteiger partial charge in [0.15, 0.2) is 0 Å². The van der Waals surface area contributed by atoms with E-state index in [4.69, 9.17) is 23.2 Å². The minimum atomic E-state index is -3.91. The quantitative estimate of drug-likeness (QED) is 0.496. The second kappa shape index (κ2) is 11.9. The standard InChI is InChI=1S/C23H28Cl2FN3O4S/c1-5-21(23(31)27-15(2)3)28(13-16-6-8-19(26)9-7-16)22(30)14-29(34(4,32)33)20-11-17(24)10-18(25)12-20/h6-12,15,21H,5,13-14H2,1-4H3,(H,27,31)/t21-/m0/s1. The van der Waals surface area contributed by atoms with Crippen LogP contribution in [0, 0.1) is 5.82 Å². The van der Waals surface area contributed by atoms with E-state index < -0.39 is 34.3 Å². The van der Waals surface area contributed by atoms with Crippen LogP contribution in [0.25, 0.3) is 0 Å². The van der Waals surface area contributed by atoms with Crippen LogP contribution in [-0.2, 0) is 26.2 Å². The summed E-state index contributed by atoms with van der Waals surface area (Å²) in [7, 11) is -3.91. The minimum absolute atomic E-state index is 0.0168. The maximum Gasteiger partial charge on any atom is 0.244 e. The van der Waals surface area contributed by atoms with Crippen molar-refractivity contribution in [3.8, 4) is 0 Å². The minimum Gasteiger partial charge on any atom is -0.352 e. The molecule has 2 rings (SSSR count). The van der Waals surface area contributed by atoms with Crippen molar-refractivity contribution in [2.45, 2.75) is 45.8 Å². The van der Waals surface area contributed by atoms with E-state index in [1.54, 1.807) is 20.8 Å². The highest BCUT2D eigenvalue weighted by atomic mass is 35.5. The average Bonchev–Trinajstić information content (AvgIpc) is 2.71. The van der Waals surface area contributed by atoms with Crippen molar-refractivity contribution >= 4 is 50.7 Å². The number of anilines is 1. The van der Waals surface area contributed by atoms with Crippen molar-refractivity contribution in [3.05, 3.63) is 63.9 Å². The first-order valence-electron chi connectivity index (χ1n) is 10.6. The highest BCUT2D eigenvalue weighted by molar-refractivity contribution is 7.92. The van der Waals surface area contributed by atoms with E-state index in [0.29, 0.717) is 5.56 Å². The Bertz CT molecular complexity index is 1110. The van der Waals surface area contributed by atoms with Crippen molar-refractivity contribution in [2.75, 3.05) is 17.1 Å². The molecule has 0 bridgehead atoms. The van der Waals surface area contributed by atoms with Crippen LogP contribution in [-0.4, -0.2) is 50.0 Å². The Morgan fingerprint density at radius 3 is 2.09 bits per heavy atom. The van der Waals surface area contributed by atoms with Gasteiger partial charge in [0.1, 0.15) is 18.4 Å². The van der Waals surface area contributed by atoms with Crippen molar-refractivity contribution in [2.24, 2.45) is 0 Å². The molecule has 1 atom stereocenters. The van der Waals surface area contributed by atoms with Crippen LogP contribution in [0.15, 0.2) is 42.5 Å². The number of hydrogen-bond acceptors (Lipinski definition) is 4. The fourth-order valence-electron chi connectivity index (χ4n) is 3.38. The summed E-state index contributed by atoms with van der Waals surface area (Å²) in [4.78, 5) is 27.7. The number of nitrogens with zero attached hydrogens (tertiary/aromatic N) is 2. The molecule has 2 aromatic rings. The van der Waals surface area contributed by atoms with Gasteiger partial charge in [-0.1, -0.05) is 42.3 Å². The van der Waals surface area contributed by atoms with Gasteiger partial charge in [0, 0.05) is 22.6 Å². The second-order valence-electron chi connectivity index (χ2n) is 8.13. The van der Waals surface area contributed by atoms with Crippen molar-refractivity contribution in [1.29, 1.82) is 0 Å². The van der Waals surface area contributed by atoms with Gasteiger partial charge in [-0.05, 0) is 56.2 Å². The van der Waals surface area contributed by atoms with E-state index >= 15 is 0 Å². The Hall–Kier alpha value is -2.36. The maximum absolute atomic E-state index is 13.5. The lowest BCUT2D eigenvalue weighted by Crippen LogP contribution is -2.53. The smallest absolute Gasteiger partial charge is 0.244 e. The van der Waals surface area contributed by atoms with Gasteiger partial charge in [0.2, 0.25) is 21.8 Å². The zero-order valence-corrected chi connectivity index (χ0v) is 21.7. The van der Waals surface area contributed by atoms with Crippen LogP contribution in [0.3, 0.4) is 0 Å². The third kappa shape index (κ3) is 7.85. The summed E-state index contributed by atoms with van der Waals surface area (Å²) in [5.74, 6) is -1.42. The second-order valence-corrected chi connectivity index (χ2v) is 10.9. The summed E-state index contributed by atoms with van der Waals surface area (Å²) < 4.78 is 39.4. The Morgan fingerprint density at radius 1 is 1.06 bits per heavy atom. The third-order valence-corrected chi connectivity index (χ3v) is 6.47. The first-order chi connectivity index (χ1) is 15.8. The normalized spacial score (nSPS) is 12.4. The lowest BCUT2D eigenvalue weighted by atomic mass is 10.1. The fourth-order valence-corrected chi connectivity index (χ4v) is 4.73. The van der Waals surface area contributed by atoms with Crippen LogP contribution in [0.2, 0.25) is 10.0 Å². The zero-order chi connectivity index (χ0) is 25.6. The van der Waals surface area contributed by atoms with Gasteiger partial charge in [0.25, 0.3) is 0 Å². The van der Waals surface area contributed by atoms with Gasteiger partial charge in [-0.3, -0.25) is 13.9 Å². The molecule has 1 N–H and O–H groups in total. The van der Waals surface area contributed by atoms with Gasteiger partial charge in [-0.2, -0.15) is 0 Å². The Kier molecular flexibility index (Phi) is 9.73. The number of amides is 2. The highest BCUT2D eigenvalue weighted by Gasteiger charge is 2.32. The van der Waals surface area contributed by atoms with Crippen LogP contribution >= 0.6 is 23.2 Å². The number of carbonyl (C=O) groups is 2. The molecule has 34 heavy (non-hydrogen) atoms. The summed E-state index contributed by atoms with van der Waals surface area (Å²) in [6.45, 7) is 4.75. The molecule has 7 nitrogen and oxygen atoms in total. The molecule has 0 radical (unpaired) electrons. The third-order valence-electron chi connectivity index (χ3n) is 4.90. The number of hydrogen-bond donors (Lipinski definition) is 1. The first-order valence-corrected chi connectivity index (χ1v) is 13.2. The Balaban J connectivity index is 2.46. The number of sulfonamides is 1. The highest BCUT2D eigenvalue weighted by Crippen LogP contribution is 2.27. The van der Waals surface area contributed by atoms with E-state index in [9.17, 15) is 22.4 Å². The van der Waals surface area contributed by atoms with E-state index in [1.165, 1.54) is 47.4 Å². The predicted molar refractivity (Wildman–Crippen MR) is 133 cm³/mol. The molecule has 2 aromatic carbocycles. The predicted octanol–water partition coefficient (Wildman–Crippen LogP) is 4.23. The largest absolute Gasteiger partial charge is 0.352 e. The molecule has 0 aromatic heterocycles. The molecule has 0 saturated heterocycles. The Labute approximate surface area is 209 Å². The summed E-state index contributed by atoms with van der Waals surface area (Å²) in [6.07, 6.45) is 1.25. The summed E-state index contributed by atoms with van der Waals surface area (Å²) in [5.41, 5.74) is 0.706. The summed E-state index contributed by atoms with van der Waals surface area (Å²) in [6, 6.07) is 8.70. The molecular weight excluding hydrogens is 504 g/mol. The molecular formula is C23H28Cl2FN3O4S. The first kappa shape index (κ1) is 27.9. The van der Waals surface area contributed by atoms with E-state index in [2.05, 4.69) is 5.32 Å². The lowest BCUT2D eigenvalue weighted by Gasteiger charge is -2.33. The van der Waals surface area contributed by atoms with Crippen molar-refractivity contribution in [1.82, 2.24) is 10.2 Å². The molecule has 0 heterocycles. The summed E-state index contributed by atoms with van der Waals surface area (Å²) >= 11 is 12.1. The van der Waals surface area contributed by atoms with Crippen LogP contribution in [0.4, 0.5) is 10.1 Å². The molecule has 0 aliphatic carbocycles. The van der Waals surface area contributed by atoms with Crippen molar-refractivity contribution < 1.29 is 22.4 Å². The van der Waals surface area contributed by atoms with Gasteiger partial charge in [0.05, 0.1) is 11.9 Å². The van der Waals surface area contributed by atoms with Crippen molar-refractivity contribution in [3.63, 3.8) is 0 Å². The van der Waals surface area contributed by atoms with E-state index in [-0.39, 0.29) is 40.6 Å². The molecule has 0 aliphatic rings. The number of rotatable bonds is 10. The van der Waals surface area contributed by atoms with Gasteiger partial charge >= 0.3 is 0 Å². The molecule has 0 aliphatic heterocycles. The van der Waals surface area contributed by atoms with E-state index in [0.717, 1.165) is 10.6 Å². The van der Waals surface area contributed by atoms with E-state index in [1.807, 2.05) is 0 Å². The Morgan fingerprint density at radius 2 is 1.62 bits per heavy atom. The fraction of sp³-hybridized carbons (Fsp3) is 0.391. The maximum atomic E-state index is 13.5. The molecule has 0 spiro atoms. The summed E-state index contributed by atoms with van der Waals surface area (Å²) in [5, 5.41) is 3.20.